The van der Waals surface area contributed by atoms with Gasteiger partial charge in [-0.2, -0.15) is 0 Å². The van der Waals surface area contributed by atoms with Crippen LogP contribution in [0.15, 0.2) is 48.5 Å². The number of ketones is 1. The minimum Gasteiger partial charge on any atom is -0.378 e. The Morgan fingerprint density at radius 3 is 2.28 bits per heavy atom. The smallest absolute Gasteiger partial charge is 0.181 e. The lowest BCUT2D eigenvalue weighted by Crippen LogP contribution is -2.13. The molecule has 0 bridgehead atoms. The lowest BCUT2D eigenvalue weighted by atomic mass is 10.1. The summed E-state index contributed by atoms with van der Waals surface area (Å²) in [7, 11) is 0. The fraction of sp³-hybridized carbons (Fsp3) is 0.133. The van der Waals surface area contributed by atoms with E-state index in [0.29, 0.717) is 5.56 Å². The molecule has 2 aromatic carbocycles. The van der Waals surface area contributed by atoms with E-state index in [4.69, 9.17) is 0 Å². The molecule has 2 nitrogen and oxygen atoms in total. The fourth-order valence-electron chi connectivity index (χ4n) is 1.59. The van der Waals surface area contributed by atoms with E-state index in [1.54, 1.807) is 0 Å². The molecule has 0 aliphatic heterocycles. The van der Waals surface area contributed by atoms with Crippen molar-refractivity contribution < 1.29 is 9.18 Å². The molecule has 0 fully saturated rings. The summed E-state index contributed by atoms with van der Waals surface area (Å²) in [5.41, 5.74) is 2.58. The molecule has 0 aliphatic rings. The van der Waals surface area contributed by atoms with E-state index in [1.165, 1.54) is 29.8 Å². The van der Waals surface area contributed by atoms with Crippen LogP contribution in [0.5, 0.6) is 0 Å². The van der Waals surface area contributed by atoms with Gasteiger partial charge in [0.2, 0.25) is 0 Å². The summed E-state index contributed by atoms with van der Waals surface area (Å²) in [6.07, 6.45) is 0. The highest BCUT2D eigenvalue weighted by atomic mass is 19.1. The number of Topliss-reactive ketones (excluding diaryl/α,β-unsaturated/α-hetero) is 1. The molecule has 0 atom stereocenters. The SMILES string of the molecule is Cc1ccc(NCC(=O)c2ccc(F)cc2)cc1. The first kappa shape index (κ1) is 12.3. The summed E-state index contributed by atoms with van der Waals surface area (Å²) < 4.78 is 12.7. The topological polar surface area (TPSA) is 29.1 Å². The van der Waals surface area contributed by atoms with E-state index in [1.807, 2.05) is 31.2 Å². The number of rotatable bonds is 4. The Bertz CT molecular complexity index is 531. The molecular weight excluding hydrogens is 229 g/mol. The van der Waals surface area contributed by atoms with Crippen LogP contribution in [0.1, 0.15) is 15.9 Å². The van der Waals surface area contributed by atoms with E-state index in [-0.39, 0.29) is 18.1 Å². The standard InChI is InChI=1S/C15H14FNO/c1-11-2-8-14(9-3-11)17-10-15(18)12-4-6-13(16)7-5-12/h2-9,17H,10H2,1H3. The maximum atomic E-state index is 12.7. The lowest BCUT2D eigenvalue weighted by molar-refractivity contribution is 0.101. The Morgan fingerprint density at radius 2 is 1.67 bits per heavy atom. The van der Waals surface area contributed by atoms with Crippen LogP contribution in [0.2, 0.25) is 0 Å². The molecule has 2 aromatic rings. The van der Waals surface area contributed by atoms with Crippen LogP contribution in [0.25, 0.3) is 0 Å². The number of anilines is 1. The number of nitrogens with one attached hydrogen (secondary N) is 1. The first-order chi connectivity index (χ1) is 8.65. The van der Waals surface area contributed by atoms with E-state index in [9.17, 15) is 9.18 Å². The van der Waals surface area contributed by atoms with Crippen LogP contribution < -0.4 is 5.32 Å². The predicted molar refractivity (Wildman–Crippen MR) is 70.4 cm³/mol. The van der Waals surface area contributed by atoms with Gasteiger partial charge in [0.1, 0.15) is 5.82 Å². The van der Waals surface area contributed by atoms with Gasteiger partial charge >= 0.3 is 0 Å². The molecule has 0 radical (unpaired) electrons. The monoisotopic (exact) mass is 243 g/mol. The Labute approximate surface area is 105 Å². The molecule has 0 heterocycles. The van der Waals surface area contributed by atoms with Crippen molar-refractivity contribution in [2.24, 2.45) is 0 Å². The van der Waals surface area contributed by atoms with Gasteiger partial charge in [0.15, 0.2) is 5.78 Å². The van der Waals surface area contributed by atoms with Crippen molar-refractivity contribution in [1.82, 2.24) is 0 Å². The zero-order valence-corrected chi connectivity index (χ0v) is 10.1. The Balaban J connectivity index is 1.96. The molecular formula is C15H14FNO. The van der Waals surface area contributed by atoms with Crippen LogP contribution >= 0.6 is 0 Å². The molecule has 1 N–H and O–H groups in total. The molecule has 0 aromatic heterocycles. The number of hydrogen-bond donors (Lipinski definition) is 1. The largest absolute Gasteiger partial charge is 0.378 e. The van der Waals surface area contributed by atoms with E-state index >= 15 is 0 Å². The predicted octanol–water partition coefficient (Wildman–Crippen LogP) is 3.43. The highest BCUT2D eigenvalue weighted by Gasteiger charge is 2.05. The fourth-order valence-corrected chi connectivity index (χ4v) is 1.59. The van der Waals surface area contributed by atoms with Gasteiger partial charge in [0, 0.05) is 11.3 Å². The molecule has 0 saturated heterocycles. The molecule has 92 valence electrons. The molecule has 2 rings (SSSR count). The van der Waals surface area contributed by atoms with Crippen molar-refractivity contribution >= 4 is 11.5 Å². The second kappa shape index (κ2) is 5.45. The summed E-state index contributed by atoms with van der Waals surface area (Å²) in [5.74, 6) is -0.395. The van der Waals surface area contributed by atoms with Gasteiger partial charge in [-0.05, 0) is 43.3 Å². The Kier molecular flexibility index (Phi) is 3.72. The van der Waals surface area contributed by atoms with Crippen LogP contribution in [0, 0.1) is 12.7 Å². The normalized spacial score (nSPS) is 10.1. The van der Waals surface area contributed by atoms with Crippen molar-refractivity contribution in [2.45, 2.75) is 6.92 Å². The van der Waals surface area contributed by atoms with Crippen LogP contribution in [-0.4, -0.2) is 12.3 Å². The van der Waals surface area contributed by atoms with E-state index in [2.05, 4.69) is 5.32 Å². The zero-order valence-electron chi connectivity index (χ0n) is 10.1. The molecule has 0 spiro atoms. The number of carbonyl (C=O) groups excluding carboxylic acids is 1. The first-order valence-corrected chi connectivity index (χ1v) is 5.74. The third-order valence-electron chi connectivity index (χ3n) is 2.67. The number of aryl methyl sites for hydroxylation is 1. The van der Waals surface area contributed by atoms with Crippen LogP contribution in [0.4, 0.5) is 10.1 Å². The maximum Gasteiger partial charge on any atom is 0.181 e. The molecule has 18 heavy (non-hydrogen) atoms. The minimum atomic E-state index is -0.335. The number of carbonyl (C=O) groups is 1. The number of hydrogen-bond acceptors (Lipinski definition) is 2. The second-order valence-corrected chi connectivity index (χ2v) is 4.15. The second-order valence-electron chi connectivity index (χ2n) is 4.15. The van der Waals surface area contributed by atoms with Gasteiger partial charge < -0.3 is 5.32 Å². The van der Waals surface area contributed by atoms with Crippen LogP contribution in [0.3, 0.4) is 0 Å². The van der Waals surface area contributed by atoms with Gasteiger partial charge in [-0.15, -0.1) is 0 Å². The quantitative estimate of drug-likeness (QED) is 0.833. The highest BCUT2D eigenvalue weighted by Crippen LogP contribution is 2.09. The summed E-state index contributed by atoms with van der Waals surface area (Å²) >= 11 is 0. The van der Waals surface area contributed by atoms with E-state index in [0.717, 1.165) is 5.69 Å². The molecule has 0 aliphatic carbocycles. The Morgan fingerprint density at radius 1 is 1.06 bits per heavy atom. The Hall–Kier alpha value is -2.16. The molecule has 3 heteroatoms. The van der Waals surface area contributed by atoms with E-state index < -0.39 is 0 Å². The minimum absolute atomic E-state index is 0.0597. The van der Waals surface area contributed by atoms with Gasteiger partial charge in [0.25, 0.3) is 0 Å². The highest BCUT2D eigenvalue weighted by molar-refractivity contribution is 5.98. The van der Waals surface area contributed by atoms with Crippen molar-refractivity contribution in [3.63, 3.8) is 0 Å². The van der Waals surface area contributed by atoms with Crippen molar-refractivity contribution in [1.29, 1.82) is 0 Å². The summed E-state index contributed by atoms with van der Waals surface area (Å²) in [6.45, 7) is 2.21. The average Bonchev–Trinajstić information content (AvgIpc) is 2.38. The third kappa shape index (κ3) is 3.17. The average molecular weight is 243 g/mol. The third-order valence-corrected chi connectivity index (χ3v) is 2.67. The van der Waals surface area contributed by atoms with Gasteiger partial charge in [0.05, 0.1) is 6.54 Å². The lowest BCUT2D eigenvalue weighted by Gasteiger charge is -2.06. The summed E-state index contributed by atoms with van der Waals surface area (Å²) in [4.78, 5) is 11.8. The van der Waals surface area contributed by atoms with Crippen molar-refractivity contribution in [2.75, 3.05) is 11.9 Å². The van der Waals surface area contributed by atoms with Crippen LogP contribution in [-0.2, 0) is 0 Å². The first-order valence-electron chi connectivity index (χ1n) is 5.74. The van der Waals surface area contributed by atoms with Crippen molar-refractivity contribution in [3.05, 3.63) is 65.5 Å². The van der Waals surface area contributed by atoms with Gasteiger partial charge in [-0.1, -0.05) is 17.7 Å². The maximum absolute atomic E-state index is 12.7. The van der Waals surface area contributed by atoms with Crippen molar-refractivity contribution in [3.8, 4) is 0 Å². The number of benzene rings is 2. The van der Waals surface area contributed by atoms with Gasteiger partial charge in [-0.3, -0.25) is 4.79 Å². The summed E-state index contributed by atoms with van der Waals surface area (Å²) in [5, 5.41) is 3.04. The zero-order chi connectivity index (χ0) is 13.0. The number of halogens is 1. The molecule has 0 amide bonds. The molecule has 0 unspecified atom stereocenters. The van der Waals surface area contributed by atoms with Gasteiger partial charge in [-0.25, -0.2) is 4.39 Å². The molecule has 0 saturated carbocycles. The summed E-state index contributed by atoms with van der Waals surface area (Å²) in [6, 6.07) is 13.4.